The van der Waals surface area contributed by atoms with Crippen molar-refractivity contribution >= 4 is 5.91 Å². The zero-order valence-electron chi connectivity index (χ0n) is 7.68. The Morgan fingerprint density at radius 2 is 2.33 bits per heavy atom. The van der Waals surface area contributed by atoms with Gasteiger partial charge in [-0.05, 0) is 25.3 Å². The second kappa shape index (κ2) is 4.45. The average Bonchev–Trinajstić information content (AvgIpc) is 1.97. The fourth-order valence-corrected chi connectivity index (χ4v) is 1.17. The summed E-state index contributed by atoms with van der Waals surface area (Å²) >= 11 is 0. The summed E-state index contributed by atoms with van der Waals surface area (Å²) in [7, 11) is 0. The Hall–Kier alpha value is -0.570. The van der Waals surface area contributed by atoms with Crippen LogP contribution in [0.25, 0.3) is 0 Å². The van der Waals surface area contributed by atoms with E-state index in [2.05, 4.69) is 5.32 Å². The summed E-state index contributed by atoms with van der Waals surface area (Å²) in [6.45, 7) is 3.41. The average molecular weight is 170 g/mol. The summed E-state index contributed by atoms with van der Waals surface area (Å²) in [5.74, 6) is 0.922. The molecule has 1 saturated carbocycles. The summed E-state index contributed by atoms with van der Waals surface area (Å²) in [5.41, 5.74) is 5.43. The highest BCUT2D eigenvalue weighted by molar-refractivity contribution is 5.79. The largest absolute Gasteiger partial charge is 0.356 e. The molecule has 70 valence electrons. The van der Waals surface area contributed by atoms with Gasteiger partial charge in [-0.2, -0.15) is 0 Å². The van der Waals surface area contributed by atoms with E-state index < -0.39 is 0 Å². The van der Waals surface area contributed by atoms with Gasteiger partial charge in [-0.3, -0.25) is 4.79 Å². The Morgan fingerprint density at radius 1 is 1.67 bits per heavy atom. The molecule has 1 atom stereocenters. The van der Waals surface area contributed by atoms with E-state index in [0.717, 1.165) is 19.4 Å². The lowest BCUT2D eigenvalue weighted by Gasteiger charge is -2.24. The van der Waals surface area contributed by atoms with Crippen molar-refractivity contribution in [3.05, 3.63) is 0 Å². The molecule has 1 amide bonds. The third-order valence-corrected chi connectivity index (χ3v) is 2.50. The van der Waals surface area contributed by atoms with Crippen LogP contribution in [0.4, 0.5) is 0 Å². The number of hydrogen-bond donors (Lipinski definition) is 2. The molecule has 1 fully saturated rings. The van der Waals surface area contributed by atoms with Gasteiger partial charge in [0.1, 0.15) is 0 Å². The van der Waals surface area contributed by atoms with Crippen molar-refractivity contribution in [3.8, 4) is 0 Å². The molecule has 0 aromatic heterocycles. The molecule has 3 N–H and O–H groups in total. The highest BCUT2D eigenvalue weighted by atomic mass is 16.1. The molecule has 1 rings (SSSR count). The first kappa shape index (κ1) is 9.52. The predicted octanol–water partition coefficient (Wildman–Crippen LogP) is 0.497. The number of amides is 1. The van der Waals surface area contributed by atoms with Crippen LogP contribution in [0.1, 0.15) is 26.2 Å². The SMILES string of the molecule is CC(CN)CNC(=O)C1CCC1. The topological polar surface area (TPSA) is 55.1 Å². The summed E-state index contributed by atoms with van der Waals surface area (Å²) in [6.07, 6.45) is 3.36. The number of hydrogen-bond acceptors (Lipinski definition) is 2. The Morgan fingerprint density at radius 3 is 2.75 bits per heavy atom. The number of nitrogens with two attached hydrogens (primary N) is 1. The van der Waals surface area contributed by atoms with E-state index in [0.29, 0.717) is 18.4 Å². The maximum Gasteiger partial charge on any atom is 0.223 e. The smallest absolute Gasteiger partial charge is 0.223 e. The fraction of sp³-hybridized carbons (Fsp3) is 0.889. The van der Waals surface area contributed by atoms with Gasteiger partial charge in [-0.1, -0.05) is 13.3 Å². The minimum atomic E-state index is 0.224. The van der Waals surface area contributed by atoms with E-state index in [4.69, 9.17) is 5.73 Å². The van der Waals surface area contributed by atoms with Gasteiger partial charge < -0.3 is 11.1 Å². The molecule has 0 bridgehead atoms. The first-order chi connectivity index (χ1) is 5.74. The van der Waals surface area contributed by atoms with Crippen molar-refractivity contribution in [1.82, 2.24) is 5.32 Å². The van der Waals surface area contributed by atoms with Gasteiger partial charge in [-0.25, -0.2) is 0 Å². The number of rotatable bonds is 4. The molecule has 0 heterocycles. The van der Waals surface area contributed by atoms with Crippen LogP contribution in [0.3, 0.4) is 0 Å². The summed E-state index contributed by atoms with van der Waals surface area (Å²) in [4.78, 5) is 11.3. The van der Waals surface area contributed by atoms with Gasteiger partial charge in [0.2, 0.25) is 5.91 Å². The summed E-state index contributed by atoms with van der Waals surface area (Å²) in [6, 6.07) is 0. The van der Waals surface area contributed by atoms with Crippen molar-refractivity contribution < 1.29 is 4.79 Å². The van der Waals surface area contributed by atoms with Crippen LogP contribution < -0.4 is 11.1 Å². The monoisotopic (exact) mass is 170 g/mol. The summed E-state index contributed by atoms with van der Waals surface area (Å²) in [5, 5.41) is 2.92. The molecule has 1 unspecified atom stereocenters. The minimum Gasteiger partial charge on any atom is -0.356 e. The van der Waals surface area contributed by atoms with E-state index >= 15 is 0 Å². The van der Waals surface area contributed by atoms with Crippen LogP contribution in [0, 0.1) is 11.8 Å². The van der Waals surface area contributed by atoms with E-state index in [9.17, 15) is 4.79 Å². The zero-order valence-corrected chi connectivity index (χ0v) is 7.68. The standard InChI is InChI=1S/C9H18N2O/c1-7(5-10)6-11-9(12)8-3-2-4-8/h7-8H,2-6,10H2,1H3,(H,11,12). The van der Waals surface area contributed by atoms with Gasteiger partial charge in [-0.15, -0.1) is 0 Å². The zero-order chi connectivity index (χ0) is 8.97. The molecule has 0 aromatic rings. The van der Waals surface area contributed by atoms with E-state index in [1.165, 1.54) is 6.42 Å². The molecular weight excluding hydrogens is 152 g/mol. The van der Waals surface area contributed by atoms with Gasteiger partial charge in [0.25, 0.3) is 0 Å². The fourth-order valence-electron chi connectivity index (χ4n) is 1.17. The van der Waals surface area contributed by atoms with Gasteiger partial charge >= 0.3 is 0 Å². The van der Waals surface area contributed by atoms with Crippen molar-refractivity contribution in [2.75, 3.05) is 13.1 Å². The normalized spacial score (nSPS) is 19.8. The minimum absolute atomic E-state index is 0.224. The van der Waals surface area contributed by atoms with E-state index in [1.807, 2.05) is 6.92 Å². The first-order valence-corrected chi connectivity index (χ1v) is 4.71. The lowest BCUT2D eigenvalue weighted by Crippen LogP contribution is -2.38. The molecule has 3 nitrogen and oxygen atoms in total. The second-order valence-electron chi connectivity index (χ2n) is 3.71. The maximum absolute atomic E-state index is 11.3. The third-order valence-electron chi connectivity index (χ3n) is 2.50. The Balaban J connectivity index is 2.09. The molecule has 0 aromatic carbocycles. The number of carbonyl (C=O) groups is 1. The Labute approximate surface area is 73.7 Å². The highest BCUT2D eigenvalue weighted by Gasteiger charge is 2.24. The molecule has 3 heteroatoms. The van der Waals surface area contributed by atoms with Crippen LogP contribution in [0.2, 0.25) is 0 Å². The highest BCUT2D eigenvalue weighted by Crippen LogP contribution is 2.26. The van der Waals surface area contributed by atoms with Crippen molar-refractivity contribution in [1.29, 1.82) is 0 Å². The van der Waals surface area contributed by atoms with Crippen LogP contribution in [0.5, 0.6) is 0 Å². The molecular formula is C9H18N2O. The molecule has 1 aliphatic rings. The second-order valence-corrected chi connectivity index (χ2v) is 3.71. The molecule has 0 spiro atoms. The van der Waals surface area contributed by atoms with Gasteiger partial charge in [0, 0.05) is 12.5 Å². The lowest BCUT2D eigenvalue weighted by atomic mass is 9.85. The third kappa shape index (κ3) is 2.48. The van der Waals surface area contributed by atoms with Crippen molar-refractivity contribution in [3.63, 3.8) is 0 Å². The first-order valence-electron chi connectivity index (χ1n) is 4.71. The molecule has 0 radical (unpaired) electrons. The van der Waals surface area contributed by atoms with Crippen molar-refractivity contribution in [2.24, 2.45) is 17.6 Å². The van der Waals surface area contributed by atoms with Crippen LogP contribution in [-0.4, -0.2) is 19.0 Å². The van der Waals surface area contributed by atoms with Gasteiger partial charge in [0.05, 0.1) is 0 Å². The predicted molar refractivity (Wildman–Crippen MR) is 48.6 cm³/mol. The molecule has 1 aliphatic carbocycles. The van der Waals surface area contributed by atoms with Crippen LogP contribution in [0.15, 0.2) is 0 Å². The lowest BCUT2D eigenvalue weighted by molar-refractivity contribution is -0.127. The number of carbonyl (C=O) groups excluding carboxylic acids is 1. The number of nitrogens with one attached hydrogen (secondary N) is 1. The van der Waals surface area contributed by atoms with E-state index in [1.54, 1.807) is 0 Å². The quantitative estimate of drug-likeness (QED) is 0.645. The Kier molecular flexibility index (Phi) is 3.53. The maximum atomic E-state index is 11.3. The van der Waals surface area contributed by atoms with E-state index in [-0.39, 0.29) is 5.91 Å². The molecule has 12 heavy (non-hydrogen) atoms. The van der Waals surface area contributed by atoms with Gasteiger partial charge in [0.15, 0.2) is 0 Å². The van der Waals surface area contributed by atoms with Crippen LogP contribution >= 0.6 is 0 Å². The Bertz CT molecular complexity index is 155. The molecule has 0 aliphatic heterocycles. The van der Waals surface area contributed by atoms with Crippen LogP contribution in [-0.2, 0) is 4.79 Å². The van der Waals surface area contributed by atoms with Crippen molar-refractivity contribution in [2.45, 2.75) is 26.2 Å². The summed E-state index contributed by atoms with van der Waals surface area (Å²) < 4.78 is 0. The molecule has 0 saturated heterocycles.